The molecule has 0 spiro atoms. The van der Waals surface area contributed by atoms with Gasteiger partial charge in [0.2, 0.25) is 0 Å². The molecule has 0 fully saturated rings. The number of halogens is 3. The highest BCUT2D eigenvalue weighted by molar-refractivity contribution is 5.73. The third-order valence-electron chi connectivity index (χ3n) is 6.91. The van der Waals surface area contributed by atoms with Crippen LogP contribution < -0.4 is 0 Å². The van der Waals surface area contributed by atoms with Crippen LogP contribution in [0.1, 0.15) is 87.6 Å². The van der Waals surface area contributed by atoms with E-state index in [1.165, 1.54) is 22.8 Å². The summed E-state index contributed by atoms with van der Waals surface area (Å²) in [5.74, 6) is -0.965. The van der Waals surface area contributed by atoms with Crippen molar-refractivity contribution in [2.24, 2.45) is 0 Å². The molecule has 0 heterocycles. The van der Waals surface area contributed by atoms with Crippen LogP contribution in [0.2, 0.25) is 0 Å². The van der Waals surface area contributed by atoms with Gasteiger partial charge in [-0.2, -0.15) is 13.2 Å². The van der Waals surface area contributed by atoms with E-state index in [-0.39, 0.29) is 23.7 Å². The van der Waals surface area contributed by atoms with Crippen molar-refractivity contribution in [2.45, 2.75) is 83.2 Å². The molecule has 1 aliphatic rings. The van der Waals surface area contributed by atoms with Crippen molar-refractivity contribution in [3.8, 4) is 0 Å². The van der Waals surface area contributed by atoms with Crippen molar-refractivity contribution in [3.05, 3.63) is 76.4 Å². The zero-order chi connectivity index (χ0) is 24.4. The molecule has 2 aromatic rings. The Balaban J connectivity index is 1.84. The smallest absolute Gasteiger partial charge is 0.416 e. The van der Waals surface area contributed by atoms with E-state index >= 15 is 0 Å². The minimum absolute atomic E-state index is 0.112. The number of alkyl halides is 3. The van der Waals surface area contributed by atoms with Gasteiger partial charge in [-0.25, -0.2) is 0 Å². The number of hydrogen-bond donors (Lipinski definition) is 1. The first kappa shape index (κ1) is 25.1. The molecule has 0 bridgehead atoms. The molecule has 3 rings (SSSR count). The highest BCUT2D eigenvalue weighted by Gasteiger charge is 2.36. The van der Waals surface area contributed by atoms with E-state index in [0.717, 1.165) is 31.4 Å². The molecule has 0 amide bonds. The predicted octanol–water partition coefficient (Wildman–Crippen LogP) is 7.94. The van der Waals surface area contributed by atoms with Crippen molar-refractivity contribution >= 4 is 11.5 Å². The van der Waals surface area contributed by atoms with Gasteiger partial charge in [-0.05, 0) is 82.9 Å². The highest BCUT2D eigenvalue weighted by atomic mass is 19.4. The van der Waals surface area contributed by atoms with Crippen LogP contribution in [0.3, 0.4) is 0 Å². The van der Waals surface area contributed by atoms with Crippen molar-refractivity contribution < 1.29 is 23.1 Å². The average molecular weight is 459 g/mol. The van der Waals surface area contributed by atoms with Gasteiger partial charge in [-0.15, -0.1) is 0 Å². The number of fused-ring (bicyclic) bond motifs is 1. The highest BCUT2D eigenvalue weighted by Crippen LogP contribution is 2.46. The van der Waals surface area contributed by atoms with E-state index in [1.54, 1.807) is 6.07 Å². The van der Waals surface area contributed by atoms with Crippen molar-refractivity contribution in [3.63, 3.8) is 0 Å². The fraction of sp³-hybridized carbons (Fsp3) is 0.464. The third-order valence-corrected chi connectivity index (χ3v) is 6.91. The van der Waals surface area contributed by atoms with Gasteiger partial charge in [0.1, 0.15) is 0 Å². The number of hydrogen-bond acceptors (Lipinski definition) is 1. The molecular weight excluding hydrogens is 425 g/mol. The second-order valence-corrected chi connectivity index (χ2v) is 10.4. The molecule has 2 nitrogen and oxygen atoms in total. The van der Waals surface area contributed by atoms with Crippen LogP contribution in [0.5, 0.6) is 0 Å². The molecule has 33 heavy (non-hydrogen) atoms. The maximum atomic E-state index is 13.2. The molecule has 1 N–H and O–H groups in total. The Kier molecular flexibility index (Phi) is 7.11. The van der Waals surface area contributed by atoms with E-state index in [2.05, 4.69) is 45.9 Å². The second-order valence-electron chi connectivity index (χ2n) is 10.4. The fourth-order valence-corrected chi connectivity index (χ4v) is 4.71. The summed E-state index contributed by atoms with van der Waals surface area (Å²) in [6.07, 6.45) is 1.20. The first-order chi connectivity index (χ1) is 15.3. The Morgan fingerprint density at radius 1 is 0.970 bits per heavy atom. The Morgan fingerprint density at radius 2 is 1.64 bits per heavy atom. The van der Waals surface area contributed by atoms with Gasteiger partial charge in [0.15, 0.2) is 0 Å². The Morgan fingerprint density at radius 3 is 2.27 bits per heavy atom. The molecule has 5 heteroatoms. The minimum Gasteiger partial charge on any atom is -0.481 e. The molecular formula is C28H33F3O2. The van der Waals surface area contributed by atoms with Gasteiger partial charge in [0.05, 0.1) is 5.56 Å². The number of carboxylic acid groups (broad SMARTS) is 1. The van der Waals surface area contributed by atoms with E-state index in [4.69, 9.17) is 5.11 Å². The molecule has 0 radical (unpaired) electrons. The van der Waals surface area contributed by atoms with E-state index in [1.807, 2.05) is 6.08 Å². The maximum absolute atomic E-state index is 13.2. The summed E-state index contributed by atoms with van der Waals surface area (Å²) in [4.78, 5) is 11.1. The van der Waals surface area contributed by atoms with Gasteiger partial charge in [0.25, 0.3) is 0 Å². The SMILES string of the molecule is CC1(C)CCC(C)(C)c2cc(CCC=C(CCC(=O)O)c3cccc(C(F)(F)F)c3)ccc21. The summed E-state index contributed by atoms with van der Waals surface area (Å²) >= 11 is 0. The van der Waals surface area contributed by atoms with Gasteiger partial charge >= 0.3 is 12.1 Å². The number of aliphatic carboxylic acids is 1. The number of aryl methyl sites for hydroxylation is 1. The summed E-state index contributed by atoms with van der Waals surface area (Å²) in [6, 6.07) is 11.8. The van der Waals surface area contributed by atoms with Crippen LogP contribution in [0.15, 0.2) is 48.5 Å². The molecule has 178 valence electrons. The second kappa shape index (κ2) is 9.36. The largest absolute Gasteiger partial charge is 0.481 e. The number of carbonyl (C=O) groups is 1. The standard InChI is InChI=1S/C28H33F3O2/c1-26(2)15-16-27(3,4)24-17-19(11-13-23(24)26)7-5-8-20(12-14-25(32)33)21-9-6-10-22(18-21)28(29,30)31/h6,8-11,13,17-18H,5,7,12,14-16H2,1-4H3,(H,32,33). The van der Waals surface area contributed by atoms with Gasteiger partial charge < -0.3 is 5.11 Å². The third kappa shape index (κ3) is 6.07. The number of rotatable bonds is 7. The molecule has 0 atom stereocenters. The molecule has 1 aliphatic carbocycles. The fourth-order valence-electron chi connectivity index (χ4n) is 4.71. The van der Waals surface area contributed by atoms with Gasteiger partial charge in [0, 0.05) is 6.42 Å². The summed E-state index contributed by atoms with van der Waals surface area (Å²) in [6.45, 7) is 9.13. The monoisotopic (exact) mass is 458 g/mol. The van der Waals surface area contributed by atoms with Crippen LogP contribution in [-0.4, -0.2) is 11.1 Å². The summed E-state index contributed by atoms with van der Waals surface area (Å²) in [5, 5.41) is 9.09. The van der Waals surface area contributed by atoms with E-state index < -0.39 is 17.7 Å². The van der Waals surface area contributed by atoms with Gasteiger partial charge in [-0.3, -0.25) is 4.79 Å². The first-order valence-electron chi connectivity index (χ1n) is 11.5. The lowest BCUT2D eigenvalue weighted by Crippen LogP contribution is -2.33. The predicted molar refractivity (Wildman–Crippen MR) is 126 cm³/mol. The maximum Gasteiger partial charge on any atom is 0.416 e. The Hall–Kier alpha value is -2.56. The van der Waals surface area contributed by atoms with Crippen molar-refractivity contribution in [1.82, 2.24) is 0 Å². The summed E-state index contributed by atoms with van der Waals surface area (Å²) in [7, 11) is 0. The first-order valence-corrected chi connectivity index (χ1v) is 11.5. The van der Waals surface area contributed by atoms with Crippen LogP contribution in [0.4, 0.5) is 13.2 Å². The lowest BCUT2D eigenvalue weighted by molar-refractivity contribution is -0.138. The van der Waals surface area contributed by atoms with Crippen LogP contribution in [0.25, 0.3) is 5.57 Å². The molecule has 0 aromatic heterocycles. The van der Waals surface area contributed by atoms with Gasteiger partial charge in [-0.1, -0.05) is 64.1 Å². The normalized spacial score (nSPS) is 17.5. The lowest BCUT2D eigenvalue weighted by Gasteiger charge is -2.42. The molecule has 0 saturated carbocycles. The zero-order valence-corrected chi connectivity index (χ0v) is 19.9. The lowest BCUT2D eigenvalue weighted by atomic mass is 9.63. The van der Waals surface area contributed by atoms with Crippen LogP contribution in [0, 0.1) is 0 Å². The summed E-state index contributed by atoms with van der Waals surface area (Å²) < 4.78 is 39.5. The van der Waals surface area contributed by atoms with Crippen molar-refractivity contribution in [1.29, 1.82) is 0 Å². The average Bonchev–Trinajstić information content (AvgIpc) is 2.73. The number of allylic oxidation sites excluding steroid dienone is 2. The number of carboxylic acids is 1. The minimum atomic E-state index is -4.43. The molecule has 0 saturated heterocycles. The zero-order valence-electron chi connectivity index (χ0n) is 19.9. The molecule has 0 aliphatic heterocycles. The molecule has 0 unspecified atom stereocenters. The summed E-state index contributed by atoms with van der Waals surface area (Å²) in [5.41, 5.74) is 4.58. The quantitative estimate of drug-likeness (QED) is 0.457. The van der Waals surface area contributed by atoms with Crippen LogP contribution >= 0.6 is 0 Å². The topological polar surface area (TPSA) is 37.3 Å². The number of benzene rings is 2. The molecule has 2 aromatic carbocycles. The van der Waals surface area contributed by atoms with Crippen molar-refractivity contribution in [2.75, 3.05) is 0 Å². The Labute approximate surface area is 194 Å². The van der Waals surface area contributed by atoms with Crippen LogP contribution in [-0.2, 0) is 28.2 Å². The Bertz CT molecular complexity index is 1050. The van der Waals surface area contributed by atoms with E-state index in [0.29, 0.717) is 17.6 Å². The van der Waals surface area contributed by atoms with E-state index in [9.17, 15) is 18.0 Å².